The first-order chi connectivity index (χ1) is 6.15. The van der Waals surface area contributed by atoms with Gasteiger partial charge >= 0.3 is 0 Å². The van der Waals surface area contributed by atoms with E-state index in [2.05, 4.69) is 4.98 Å². The third kappa shape index (κ3) is 2.00. The van der Waals surface area contributed by atoms with Crippen LogP contribution in [0.15, 0.2) is 18.3 Å². The fraction of sp³-hybridized carbons (Fsp3) is 0. The Kier molecular flexibility index (Phi) is 2.56. The Labute approximate surface area is 73.3 Å². The van der Waals surface area contributed by atoms with Crippen LogP contribution in [0, 0.1) is 5.21 Å². The number of nitrogens with zero attached hydrogens (tertiary/aromatic N) is 1. The fourth-order valence-corrected chi connectivity index (χ4v) is 0.760. The van der Waals surface area contributed by atoms with Crippen LogP contribution in [0.1, 0.15) is 20.8 Å². The van der Waals surface area contributed by atoms with Crippen molar-refractivity contribution in [2.45, 2.75) is 0 Å². The molecule has 2 amide bonds. The molecule has 0 spiro atoms. The largest absolute Gasteiger partial charge is 0.759 e. The Balaban J connectivity index is 3.05. The normalized spacial score (nSPS) is 9.31. The fourth-order valence-electron chi connectivity index (χ4n) is 0.760. The van der Waals surface area contributed by atoms with E-state index in [4.69, 9.17) is 5.73 Å². The topological polar surface area (TPSA) is 108 Å². The third-order valence-corrected chi connectivity index (χ3v) is 1.37. The van der Waals surface area contributed by atoms with Crippen molar-refractivity contribution in [3.8, 4) is 0 Å². The van der Waals surface area contributed by atoms with Gasteiger partial charge in [0.25, 0.3) is 5.91 Å². The number of hydrogen-bond donors (Lipinski definition) is 2. The first-order valence-corrected chi connectivity index (χ1v) is 3.33. The van der Waals surface area contributed by atoms with Gasteiger partial charge in [-0.1, -0.05) is 0 Å². The highest BCUT2D eigenvalue weighted by Gasteiger charge is 2.06. The number of nitrogens with one attached hydrogen (secondary N) is 1. The Morgan fingerprint density at radius 1 is 1.54 bits per heavy atom. The van der Waals surface area contributed by atoms with Gasteiger partial charge in [-0.2, -0.15) is 0 Å². The number of hydrogen-bond acceptors (Lipinski definition) is 4. The van der Waals surface area contributed by atoms with Crippen LogP contribution in [0.3, 0.4) is 0 Å². The highest BCUT2D eigenvalue weighted by Crippen LogP contribution is 2.00. The average molecular weight is 180 g/mol. The summed E-state index contributed by atoms with van der Waals surface area (Å²) in [5.74, 6) is -1.58. The van der Waals surface area contributed by atoms with Gasteiger partial charge < -0.3 is 16.4 Å². The molecule has 1 aromatic rings. The zero-order chi connectivity index (χ0) is 9.84. The second-order valence-electron chi connectivity index (χ2n) is 2.23. The van der Waals surface area contributed by atoms with Crippen molar-refractivity contribution in [1.29, 1.82) is 0 Å². The summed E-state index contributed by atoms with van der Waals surface area (Å²) in [6.45, 7) is 0. The summed E-state index contributed by atoms with van der Waals surface area (Å²) >= 11 is 0. The summed E-state index contributed by atoms with van der Waals surface area (Å²) in [6.07, 6.45) is 1.23. The Morgan fingerprint density at radius 3 is 2.77 bits per heavy atom. The lowest BCUT2D eigenvalue weighted by atomic mass is 10.2. The van der Waals surface area contributed by atoms with Crippen LogP contribution in [0.25, 0.3) is 0 Å². The van der Waals surface area contributed by atoms with Crippen LogP contribution < -0.4 is 11.2 Å². The maximum absolute atomic E-state index is 10.8. The Hall–Kier alpha value is -1.95. The number of carbonyl (C=O) groups excluding carboxylic acids is 2. The lowest BCUT2D eigenvalue weighted by Gasteiger charge is -2.06. The van der Waals surface area contributed by atoms with Gasteiger partial charge in [-0.05, 0) is 12.1 Å². The lowest BCUT2D eigenvalue weighted by Crippen LogP contribution is -2.19. The molecule has 0 bridgehead atoms. The minimum atomic E-state index is -0.900. The standard InChI is InChI=1S/C7H6N3O3/c8-6(11)4-1-2-9-5(3-4)7(12)10-13/h1-3H,(H3-,8,9,10,11,12,13)/q-1. The highest BCUT2D eigenvalue weighted by molar-refractivity contribution is 5.97. The van der Waals surface area contributed by atoms with Crippen LogP contribution in [0.2, 0.25) is 0 Å². The lowest BCUT2D eigenvalue weighted by molar-refractivity contribution is 0.0965. The van der Waals surface area contributed by atoms with Crippen molar-refractivity contribution >= 4 is 11.8 Å². The van der Waals surface area contributed by atoms with Crippen LogP contribution in [-0.4, -0.2) is 16.8 Å². The van der Waals surface area contributed by atoms with Gasteiger partial charge in [0.05, 0.1) is 0 Å². The van der Waals surface area contributed by atoms with Crippen LogP contribution in [0.5, 0.6) is 0 Å². The van der Waals surface area contributed by atoms with E-state index in [0.29, 0.717) is 0 Å². The maximum Gasteiger partial charge on any atom is 0.259 e. The maximum atomic E-state index is 10.8. The number of aromatic nitrogens is 1. The molecule has 0 atom stereocenters. The average Bonchev–Trinajstić information content (AvgIpc) is 2.17. The molecule has 0 aromatic carbocycles. The molecule has 68 valence electrons. The number of carbonyl (C=O) groups is 2. The molecule has 1 aromatic heterocycles. The van der Waals surface area contributed by atoms with Gasteiger partial charge in [-0.3, -0.25) is 14.6 Å². The van der Waals surface area contributed by atoms with E-state index in [-0.39, 0.29) is 11.3 Å². The van der Waals surface area contributed by atoms with Crippen LogP contribution in [0.4, 0.5) is 0 Å². The molecule has 0 aliphatic heterocycles. The molecule has 1 heterocycles. The van der Waals surface area contributed by atoms with Crippen molar-refractivity contribution in [2.75, 3.05) is 0 Å². The molecule has 1 rings (SSSR count). The molecule has 6 heteroatoms. The third-order valence-electron chi connectivity index (χ3n) is 1.37. The second kappa shape index (κ2) is 3.63. The van der Waals surface area contributed by atoms with E-state index in [0.717, 1.165) is 11.5 Å². The predicted molar refractivity (Wildman–Crippen MR) is 43.6 cm³/mol. The number of rotatable bonds is 2. The predicted octanol–water partition coefficient (Wildman–Crippen LogP) is -0.592. The van der Waals surface area contributed by atoms with Gasteiger partial charge in [0, 0.05) is 11.8 Å². The van der Waals surface area contributed by atoms with Crippen molar-refractivity contribution < 1.29 is 9.59 Å². The zero-order valence-corrected chi connectivity index (χ0v) is 6.48. The quantitative estimate of drug-likeness (QED) is 0.592. The molecule has 0 fully saturated rings. The van der Waals surface area contributed by atoms with Gasteiger partial charge in [0.2, 0.25) is 5.91 Å². The number of amides is 2. The number of primary amides is 1. The molecule has 0 unspecified atom stereocenters. The van der Waals surface area contributed by atoms with E-state index in [9.17, 15) is 14.8 Å². The van der Waals surface area contributed by atoms with E-state index >= 15 is 0 Å². The molecule has 0 aliphatic rings. The molecule has 0 saturated heterocycles. The molecule has 3 N–H and O–H groups in total. The summed E-state index contributed by atoms with van der Waals surface area (Å²) in [6, 6.07) is 2.50. The van der Waals surface area contributed by atoms with Crippen molar-refractivity contribution in [3.63, 3.8) is 0 Å². The molecule has 0 aliphatic carbocycles. The SMILES string of the molecule is NC(=O)c1ccnc(C(=O)N[O-])c1. The summed E-state index contributed by atoms with van der Waals surface area (Å²) in [4.78, 5) is 25.0. The smallest absolute Gasteiger partial charge is 0.259 e. The first-order valence-electron chi connectivity index (χ1n) is 3.33. The van der Waals surface area contributed by atoms with Gasteiger partial charge in [0.15, 0.2) is 0 Å². The molecular formula is C7H6N3O3-. The number of pyridine rings is 1. The summed E-state index contributed by atoms with van der Waals surface area (Å²) in [5.41, 5.74) is 6.09. The second-order valence-corrected chi connectivity index (χ2v) is 2.23. The Bertz CT molecular complexity index is 351. The van der Waals surface area contributed by atoms with Crippen molar-refractivity contribution in [3.05, 3.63) is 34.8 Å². The van der Waals surface area contributed by atoms with Crippen molar-refractivity contribution in [2.24, 2.45) is 5.73 Å². The number of nitrogens with two attached hydrogens (primary N) is 1. The summed E-state index contributed by atoms with van der Waals surface area (Å²) in [5, 5.41) is 9.96. The van der Waals surface area contributed by atoms with Crippen LogP contribution >= 0.6 is 0 Å². The minimum Gasteiger partial charge on any atom is -0.759 e. The van der Waals surface area contributed by atoms with E-state index < -0.39 is 11.8 Å². The molecule has 6 nitrogen and oxygen atoms in total. The van der Waals surface area contributed by atoms with E-state index in [1.165, 1.54) is 12.3 Å². The molecule has 13 heavy (non-hydrogen) atoms. The van der Waals surface area contributed by atoms with E-state index in [1.54, 1.807) is 0 Å². The van der Waals surface area contributed by atoms with Gasteiger partial charge in [0.1, 0.15) is 5.69 Å². The van der Waals surface area contributed by atoms with E-state index in [1.807, 2.05) is 0 Å². The highest BCUT2D eigenvalue weighted by atomic mass is 16.5. The summed E-state index contributed by atoms with van der Waals surface area (Å²) in [7, 11) is 0. The molecule has 0 radical (unpaired) electrons. The Morgan fingerprint density at radius 2 is 2.23 bits per heavy atom. The van der Waals surface area contributed by atoms with Crippen LogP contribution in [-0.2, 0) is 0 Å². The zero-order valence-electron chi connectivity index (χ0n) is 6.48. The monoisotopic (exact) mass is 180 g/mol. The van der Waals surface area contributed by atoms with Gasteiger partial charge in [-0.25, -0.2) is 0 Å². The summed E-state index contributed by atoms with van der Waals surface area (Å²) < 4.78 is 0. The molecule has 0 saturated carbocycles. The number of hydroxylamine groups is 1. The first kappa shape index (κ1) is 9.14. The van der Waals surface area contributed by atoms with Crippen molar-refractivity contribution in [1.82, 2.24) is 10.5 Å². The molecular weight excluding hydrogens is 174 g/mol. The minimum absolute atomic E-state index is 0.133. The van der Waals surface area contributed by atoms with Gasteiger partial charge in [-0.15, -0.1) is 0 Å².